The fourth-order valence-corrected chi connectivity index (χ4v) is 1.76. The van der Waals surface area contributed by atoms with Gasteiger partial charge in [-0.15, -0.1) is 0 Å². The van der Waals surface area contributed by atoms with Gasteiger partial charge in [-0.25, -0.2) is 0 Å². The van der Waals surface area contributed by atoms with Crippen LogP contribution in [0.3, 0.4) is 0 Å². The van der Waals surface area contributed by atoms with Gasteiger partial charge in [0, 0.05) is 6.61 Å². The topological polar surface area (TPSA) is 32.3 Å². The van der Waals surface area contributed by atoms with Gasteiger partial charge in [-0.05, 0) is 50.6 Å². The summed E-state index contributed by atoms with van der Waals surface area (Å²) < 4.78 is 0. The molecule has 1 aliphatic carbocycles. The van der Waals surface area contributed by atoms with Gasteiger partial charge >= 0.3 is 0 Å². The molecule has 0 spiro atoms. The Morgan fingerprint density at radius 3 is 2.69 bits per heavy atom. The fourth-order valence-electron chi connectivity index (χ4n) is 1.76. The number of unbranched alkanes of at least 4 members (excludes halogenated alkanes) is 1. The first-order valence-corrected chi connectivity index (χ1v) is 5.70. The summed E-state index contributed by atoms with van der Waals surface area (Å²) in [7, 11) is 0. The van der Waals surface area contributed by atoms with Gasteiger partial charge in [-0.2, -0.15) is 0 Å². The van der Waals surface area contributed by atoms with Crippen molar-refractivity contribution in [3.8, 4) is 0 Å². The van der Waals surface area contributed by atoms with Crippen LogP contribution in [0.2, 0.25) is 0 Å². The molecule has 0 aromatic rings. The van der Waals surface area contributed by atoms with Crippen LogP contribution in [-0.2, 0) is 0 Å². The third kappa shape index (κ3) is 4.63. The maximum atomic E-state index is 9.11. The minimum atomic E-state index is 0.389. The molecule has 13 heavy (non-hydrogen) atoms. The molecule has 1 saturated carbocycles. The van der Waals surface area contributed by atoms with Crippen molar-refractivity contribution in [1.29, 1.82) is 0 Å². The largest absolute Gasteiger partial charge is 0.396 e. The van der Waals surface area contributed by atoms with Crippen LogP contribution in [0.25, 0.3) is 0 Å². The van der Waals surface area contributed by atoms with Gasteiger partial charge in [0.15, 0.2) is 0 Å². The lowest BCUT2D eigenvalue weighted by atomic mass is 10.0. The quantitative estimate of drug-likeness (QED) is 0.565. The Balaban J connectivity index is 1.90. The zero-order chi connectivity index (χ0) is 9.52. The predicted octanol–water partition coefficient (Wildman–Crippen LogP) is 1.78. The summed E-state index contributed by atoms with van der Waals surface area (Å²) >= 11 is 0. The molecule has 2 nitrogen and oxygen atoms in total. The first-order valence-electron chi connectivity index (χ1n) is 5.70. The molecular weight excluding hydrogens is 162 g/mol. The minimum Gasteiger partial charge on any atom is -0.396 e. The summed E-state index contributed by atoms with van der Waals surface area (Å²) in [5.41, 5.74) is 0. The van der Waals surface area contributed by atoms with Crippen LogP contribution in [0.15, 0.2) is 0 Å². The highest BCUT2D eigenvalue weighted by atomic mass is 16.3. The number of aliphatic hydroxyl groups excluding tert-OH is 1. The monoisotopic (exact) mass is 185 g/mol. The predicted molar refractivity (Wildman–Crippen MR) is 55.7 cm³/mol. The smallest absolute Gasteiger partial charge is 0.0462 e. The third-order valence-corrected chi connectivity index (χ3v) is 2.92. The standard InChI is InChI=1S/C11H23NO/c1-2-3-7-12-8-6-11(9-13)10-4-5-10/h10-13H,2-9H2,1H3. The number of rotatable bonds is 8. The van der Waals surface area contributed by atoms with E-state index in [1.54, 1.807) is 0 Å². The summed E-state index contributed by atoms with van der Waals surface area (Å²) in [6.45, 7) is 4.82. The molecule has 1 aliphatic rings. The van der Waals surface area contributed by atoms with Crippen molar-refractivity contribution in [3.63, 3.8) is 0 Å². The first kappa shape index (κ1) is 11.0. The van der Waals surface area contributed by atoms with Crippen molar-refractivity contribution < 1.29 is 5.11 Å². The van der Waals surface area contributed by atoms with Gasteiger partial charge in [0.1, 0.15) is 0 Å². The first-order chi connectivity index (χ1) is 6.38. The Morgan fingerprint density at radius 1 is 1.38 bits per heavy atom. The van der Waals surface area contributed by atoms with E-state index in [0.29, 0.717) is 12.5 Å². The van der Waals surface area contributed by atoms with E-state index in [1.165, 1.54) is 25.7 Å². The fraction of sp³-hybridized carbons (Fsp3) is 1.00. The third-order valence-electron chi connectivity index (χ3n) is 2.92. The van der Waals surface area contributed by atoms with Crippen LogP contribution in [0, 0.1) is 11.8 Å². The molecule has 0 saturated heterocycles. The molecule has 0 radical (unpaired) electrons. The number of nitrogens with one attached hydrogen (secondary N) is 1. The molecule has 78 valence electrons. The van der Waals surface area contributed by atoms with E-state index in [4.69, 9.17) is 5.11 Å². The second-order valence-electron chi connectivity index (χ2n) is 4.17. The maximum absolute atomic E-state index is 9.11. The maximum Gasteiger partial charge on any atom is 0.0462 e. The number of hydrogen-bond donors (Lipinski definition) is 2. The average Bonchev–Trinajstić information content (AvgIpc) is 2.95. The van der Waals surface area contributed by atoms with Crippen LogP contribution < -0.4 is 5.32 Å². The van der Waals surface area contributed by atoms with Crippen molar-refractivity contribution in [1.82, 2.24) is 5.32 Å². The van der Waals surface area contributed by atoms with E-state index in [1.807, 2.05) is 0 Å². The average molecular weight is 185 g/mol. The second-order valence-corrected chi connectivity index (χ2v) is 4.17. The normalized spacial score (nSPS) is 18.9. The van der Waals surface area contributed by atoms with Crippen molar-refractivity contribution >= 4 is 0 Å². The molecule has 1 atom stereocenters. The molecule has 2 heteroatoms. The van der Waals surface area contributed by atoms with Gasteiger partial charge in [-0.1, -0.05) is 13.3 Å². The van der Waals surface area contributed by atoms with Gasteiger partial charge in [-0.3, -0.25) is 0 Å². The summed E-state index contributed by atoms with van der Waals surface area (Å²) in [5, 5.41) is 12.5. The summed E-state index contributed by atoms with van der Waals surface area (Å²) in [4.78, 5) is 0. The van der Waals surface area contributed by atoms with E-state index in [2.05, 4.69) is 12.2 Å². The van der Waals surface area contributed by atoms with E-state index in [9.17, 15) is 0 Å². The highest BCUT2D eigenvalue weighted by Gasteiger charge is 2.29. The molecule has 0 heterocycles. The Hall–Kier alpha value is -0.0800. The summed E-state index contributed by atoms with van der Waals surface area (Å²) in [6.07, 6.45) is 6.39. The molecule has 0 aromatic carbocycles. The molecule has 0 aliphatic heterocycles. The Labute approximate surface area is 81.7 Å². The molecule has 1 unspecified atom stereocenters. The van der Waals surface area contributed by atoms with Gasteiger partial charge in [0.25, 0.3) is 0 Å². The zero-order valence-electron chi connectivity index (χ0n) is 8.76. The summed E-state index contributed by atoms with van der Waals surface area (Å²) in [6, 6.07) is 0. The Bertz CT molecular complexity index is 123. The lowest BCUT2D eigenvalue weighted by Crippen LogP contribution is -2.21. The number of hydrogen-bond acceptors (Lipinski definition) is 2. The van der Waals surface area contributed by atoms with Crippen LogP contribution in [0.1, 0.15) is 39.0 Å². The van der Waals surface area contributed by atoms with Crippen molar-refractivity contribution in [3.05, 3.63) is 0 Å². The van der Waals surface area contributed by atoms with Crippen molar-refractivity contribution in [2.75, 3.05) is 19.7 Å². The lowest BCUT2D eigenvalue weighted by molar-refractivity contribution is 0.201. The Kier molecular flexibility index (Phi) is 5.40. The molecule has 1 fully saturated rings. The zero-order valence-corrected chi connectivity index (χ0v) is 8.76. The van der Waals surface area contributed by atoms with Crippen LogP contribution in [-0.4, -0.2) is 24.8 Å². The van der Waals surface area contributed by atoms with E-state index in [-0.39, 0.29) is 0 Å². The van der Waals surface area contributed by atoms with E-state index in [0.717, 1.165) is 25.4 Å². The molecule has 2 N–H and O–H groups in total. The van der Waals surface area contributed by atoms with Crippen LogP contribution in [0.5, 0.6) is 0 Å². The highest BCUT2D eigenvalue weighted by Crippen LogP contribution is 2.37. The van der Waals surface area contributed by atoms with Crippen LogP contribution >= 0.6 is 0 Å². The molecular formula is C11H23NO. The minimum absolute atomic E-state index is 0.389. The number of aliphatic hydroxyl groups is 1. The molecule has 1 rings (SSSR count). The van der Waals surface area contributed by atoms with Gasteiger partial charge < -0.3 is 10.4 Å². The van der Waals surface area contributed by atoms with Crippen molar-refractivity contribution in [2.45, 2.75) is 39.0 Å². The van der Waals surface area contributed by atoms with Crippen molar-refractivity contribution in [2.24, 2.45) is 11.8 Å². The summed E-state index contributed by atoms with van der Waals surface area (Å²) in [5.74, 6) is 1.42. The Morgan fingerprint density at radius 2 is 2.15 bits per heavy atom. The molecule has 0 aromatic heterocycles. The lowest BCUT2D eigenvalue weighted by Gasteiger charge is -2.12. The molecule has 0 bridgehead atoms. The second kappa shape index (κ2) is 6.39. The van der Waals surface area contributed by atoms with Gasteiger partial charge in [0.2, 0.25) is 0 Å². The highest BCUT2D eigenvalue weighted by molar-refractivity contribution is 4.81. The van der Waals surface area contributed by atoms with E-state index < -0.39 is 0 Å². The molecule has 0 amide bonds. The van der Waals surface area contributed by atoms with Crippen LogP contribution in [0.4, 0.5) is 0 Å². The SMILES string of the molecule is CCCCNCCC(CO)C1CC1. The van der Waals surface area contributed by atoms with Gasteiger partial charge in [0.05, 0.1) is 0 Å². The van der Waals surface area contributed by atoms with E-state index >= 15 is 0 Å².